The van der Waals surface area contributed by atoms with Crippen LogP contribution in [0.2, 0.25) is 0 Å². The molecule has 0 aromatic carbocycles. The van der Waals surface area contributed by atoms with Crippen molar-refractivity contribution in [1.29, 1.82) is 0 Å². The summed E-state index contributed by atoms with van der Waals surface area (Å²) in [5.41, 5.74) is 2.90. The normalized spacial score (nSPS) is 20.2. The van der Waals surface area contributed by atoms with E-state index in [0.29, 0.717) is 0 Å². The molecule has 1 saturated heterocycles. The molecule has 1 fully saturated rings. The molecular weight excluding hydrogens is 136 g/mol. The van der Waals surface area contributed by atoms with Crippen LogP contribution in [0, 0.1) is 0 Å². The molecule has 1 rings (SSSR count). The Kier molecular flexibility index (Phi) is 2.60. The molecule has 1 aliphatic heterocycles. The molecule has 1 heterocycles. The number of thioether (sulfide) groups is 2. The third kappa shape index (κ3) is 1.62. The Balaban J connectivity index is 2.45. The third-order valence-electron chi connectivity index (χ3n) is 0.899. The lowest BCUT2D eigenvalue weighted by Crippen LogP contribution is -1.89. The van der Waals surface area contributed by atoms with Crippen molar-refractivity contribution in [3.63, 3.8) is 0 Å². The van der Waals surface area contributed by atoms with Gasteiger partial charge in [-0.2, -0.15) is 0 Å². The average molecular weight is 144 g/mol. The summed E-state index contributed by atoms with van der Waals surface area (Å²) in [6.07, 6.45) is 1.33. The van der Waals surface area contributed by atoms with E-state index in [-0.39, 0.29) is 0 Å². The molecule has 0 aromatic heterocycles. The first-order valence-electron chi connectivity index (χ1n) is 2.59. The Bertz CT molecular complexity index is 114. The molecule has 8 heavy (non-hydrogen) atoms. The van der Waals surface area contributed by atoms with Gasteiger partial charge in [-0.05, 0) is 17.9 Å². The van der Waals surface area contributed by atoms with Gasteiger partial charge >= 0.3 is 0 Å². The monoisotopic (exact) mass is 144 g/mol. The van der Waals surface area contributed by atoms with Crippen LogP contribution in [-0.4, -0.2) is 11.5 Å². The number of hydrogen-bond acceptors (Lipinski definition) is 2. The predicted molar refractivity (Wildman–Crippen MR) is 42.2 cm³/mol. The summed E-state index contributed by atoms with van der Waals surface area (Å²) >= 11 is 3.74. The quantitative estimate of drug-likeness (QED) is 0.479. The van der Waals surface area contributed by atoms with E-state index in [1.54, 1.807) is 0 Å². The first-order chi connectivity index (χ1) is 3.93. The van der Waals surface area contributed by atoms with E-state index in [4.69, 9.17) is 0 Å². The highest BCUT2D eigenvalue weighted by Crippen LogP contribution is 2.32. The molecular formula is C6H8S2. The Morgan fingerprint density at radius 2 is 2.00 bits per heavy atom. The largest absolute Gasteiger partial charge is 0.111 e. The zero-order chi connectivity index (χ0) is 5.82. The molecule has 0 unspecified atom stereocenters. The molecule has 0 aromatic rings. The maximum absolute atomic E-state index is 3.58. The van der Waals surface area contributed by atoms with Gasteiger partial charge in [0.05, 0.1) is 4.24 Å². The fourth-order valence-electron chi connectivity index (χ4n) is 0.532. The van der Waals surface area contributed by atoms with Gasteiger partial charge in [0, 0.05) is 0 Å². The van der Waals surface area contributed by atoms with Crippen LogP contribution >= 0.6 is 23.5 Å². The fraction of sp³-hybridized carbons (Fsp3) is 0.500. The van der Waals surface area contributed by atoms with Crippen LogP contribution < -0.4 is 0 Å². The van der Waals surface area contributed by atoms with E-state index in [0.717, 1.165) is 0 Å². The van der Waals surface area contributed by atoms with E-state index in [1.165, 1.54) is 22.2 Å². The summed E-state index contributed by atoms with van der Waals surface area (Å²) in [5.74, 6) is 2.51. The molecule has 0 bridgehead atoms. The molecule has 0 aliphatic carbocycles. The SMILES string of the molecule is C=C=C1SCCCS1. The Morgan fingerprint density at radius 1 is 1.38 bits per heavy atom. The van der Waals surface area contributed by atoms with Gasteiger partial charge in [0.1, 0.15) is 0 Å². The van der Waals surface area contributed by atoms with Gasteiger partial charge in [0.15, 0.2) is 0 Å². The van der Waals surface area contributed by atoms with E-state index in [1.807, 2.05) is 23.5 Å². The molecule has 0 spiro atoms. The van der Waals surface area contributed by atoms with Crippen LogP contribution in [0.25, 0.3) is 0 Å². The minimum absolute atomic E-state index is 1.25. The highest BCUT2D eigenvalue weighted by atomic mass is 32.2. The average Bonchev–Trinajstić information content (AvgIpc) is 1.90. The Labute approximate surface area is 58.4 Å². The molecule has 0 N–H and O–H groups in total. The summed E-state index contributed by atoms with van der Waals surface area (Å²) in [4.78, 5) is 0. The smallest absolute Gasteiger partial charge is 0.0819 e. The Hall–Kier alpha value is 0.220. The van der Waals surface area contributed by atoms with Gasteiger partial charge in [0.25, 0.3) is 0 Å². The predicted octanol–water partition coefficient (Wildman–Crippen LogP) is 2.48. The molecule has 44 valence electrons. The lowest BCUT2D eigenvalue weighted by molar-refractivity contribution is 1.12. The minimum atomic E-state index is 1.25. The van der Waals surface area contributed by atoms with Gasteiger partial charge in [-0.1, -0.05) is 6.58 Å². The molecule has 0 amide bonds. The first kappa shape index (κ1) is 6.34. The van der Waals surface area contributed by atoms with Crippen molar-refractivity contribution in [2.75, 3.05) is 11.5 Å². The van der Waals surface area contributed by atoms with Crippen LogP contribution in [0.3, 0.4) is 0 Å². The van der Waals surface area contributed by atoms with Gasteiger partial charge in [0.2, 0.25) is 0 Å². The highest BCUT2D eigenvalue weighted by Gasteiger charge is 2.03. The van der Waals surface area contributed by atoms with E-state index in [9.17, 15) is 0 Å². The minimum Gasteiger partial charge on any atom is -0.111 e. The van der Waals surface area contributed by atoms with Crippen LogP contribution in [0.15, 0.2) is 16.5 Å². The van der Waals surface area contributed by atoms with E-state index < -0.39 is 0 Å². The zero-order valence-corrected chi connectivity index (χ0v) is 6.28. The summed E-state index contributed by atoms with van der Waals surface area (Å²) < 4.78 is 1.27. The van der Waals surface area contributed by atoms with Gasteiger partial charge in [-0.3, -0.25) is 0 Å². The summed E-state index contributed by atoms with van der Waals surface area (Å²) in [6.45, 7) is 3.58. The van der Waals surface area contributed by atoms with E-state index >= 15 is 0 Å². The molecule has 1 aliphatic rings. The van der Waals surface area contributed by atoms with Crippen molar-refractivity contribution in [3.05, 3.63) is 16.5 Å². The van der Waals surface area contributed by atoms with Crippen molar-refractivity contribution in [2.45, 2.75) is 6.42 Å². The van der Waals surface area contributed by atoms with Crippen LogP contribution in [-0.2, 0) is 0 Å². The topological polar surface area (TPSA) is 0 Å². The highest BCUT2D eigenvalue weighted by molar-refractivity contribution is 8.22. The molecule has 0 saturated carbocycles. The second-order valence-corrected chi connectivity index (χ2v) is 3.98. The molecule has 0 nitrogen and oxygen atoms in total. The van der Waals surface area contributed by atoms with Crippen LogP contribution in [0.1, 0.15) is 6.42 Å². The second-order valence-electron chi connectivity index (χ2n) is 1.51. The fourth-order valence-corrected chi connectivity index (χ4v) is 2.70. The van der Waals surface area contributed by atoms with E-state index in [2.05, 4.69) is 12.3 Å². The summed E-state index contributed by atoms with van der Waals surface area (Å²) in [5, 5.41) is 0. The van der Waals surface area contributed by atoms with Gasteiger partial charge in [-0.15, -0.1) is 29.3 Å². The molecule has 0 atom stereocenters. The maximum atomic E-state index is 3.58. The summed E-state index contributed by atoms with van der Waals surface area (Å²) in [6, 6.07) is 0. The van der Waals surface area contributed by atoms with Gasteiger partial charge < -0.3 is 0 Å². The van der Waals surface area contributed by atoms with Gasteiger partial charge in [-0.25, -0.2) is 0 Å². The van der Waals surface area contributed by atoms with Crippen molar-refractivity contribution in [3.8, 4) is 0 Å². The van der Waals surface area contributed by atoms with Crippen molar-refractivity contribution in [1.82, 2.24) is 0 Å². The van der Waals surface area contributed by atoms with Crippen molar-refractivity contribution < 1.29 is 0 Å². The maximum Gasteiger partial charge on any atom is 0.0819 e. The molecule has 0 radical (unpaired) electrons. The number of rotatable bonds is 0. The third-order valence-corrected chi connectivity index (χ3v) is 3.41. The van der Waals surface area contributed by atoms with Crippen LogP contribution in [0.5, 0.6) is 0 Å². The van der Waals surface area contributed by atoms with Crippen LogP contribution in [0.4, 0.5) is 0 Å². The zero-order valence-electron chi connectivity index (χ0n) is 4.64. The van der Waals surface area contributed by atoms with Crippen molar-refractivity contribution in [2.24, 2.45) is 0 Å². The lowest BCUT2D eigenvalue weighted by Gasteiger charge is -2.08. The Morgan fingerprint density at radius 3 is 2.38 bits per heavy atom. The molecule has 2 heteroatoms. The first-order valence-corrected chi connectivity index (χ1v) is 4.56. The summed E-state index contributed by atoms with van der Waals surface area (Å²) in [7, 11) is 0. The standard InChI is InChI=1S/C6H8S2/c1-2-6-7-4-3-5-8-6/h1,3-5H2. The second kappa shape index (κ2) is 3.29. The lowest BCUT2D eigenvalue weighted by atomic mass is 10.6. The number of hydrogen-bond donors (Lipinski definition) is 0. The van der Waals surface area contributed by atoms with Crippen molar-refractivity contribution >= 4 is 23.5 Å².